The number of nitrogen functional groups attached to an aromatic ring is 1. The molecule has 0 spiro atoms. The largest absolute Gasteiger partial charge is 0.383 e. The molecule has 2 heterocycles. The van der Waals surface area contributed by atoms with Gasteiger partial charge in [-0.2, -0.15) is 0 Å². The van der Waals surface area contributed by atoms with Crippen LogP contribution in [0.4, 0.5) is 5.82 Å². The molecule has 1 aromatic rings. The lowest BCUT2D eigenvalue weighted by Crippen LogP contribution is -2.39. The van der Waals surface area contributed by atoms with Crippen LogP contribution in [0.1, 0.15) is 37.9 Å². The Bertz CT molecular complexity index is 535. The quantitative estimate of drug-likeness (QED) is 0.724. The molecule has 122 valence electrons. The molecule has 0 atom stereocenters. The fourth-order valence-electron chi connectivity index (χ4n) is 2.70. The molecule has 1 aliphatic rings. The summed E-state index contributed by atoms with van der Waals surface area (Å²) in [6.45, 7) is 2.88. The van der Waals surface area contributed by atoms with Gasteiger partial charge in [-0.3, -0.25) is 14.5 Å². The summed E-state index contributed by atoms with van der Waals surface area (Å²) in [4.78, 5) is 32.1. The summed E-state index contributed by atoms with van der Waals surface area (Å²) in [7, 11) is 0. The Labute approximate surface area is 130 Å². The van der Waals surface area contributed by atoms with E-state index in [0.29, 0.717) is 25.3 Å². The Morgan fingerprint density at radius 2 is 1.95 bits per heavy atom. The minimum Gasteiger partial charge on any atom is -0.383 e. The topological polar surface area (TPSA) is 104 Å². The van der Waals surface area contributed by atoms with Crippen molar-refractivity contribution in [1.29, 1.82) is 0 Å². The van der Waals surface area contributed by atoms with Crippen molar-refractivity contribution in [2.45, 2.75) is 38.5 Å². The predicted octanol–water partition coefficient (Wildman–Crippen LogP) is 0.277. The molecule has 0 saturated carbocycles. The third kappa shape index (κ3) is 5.85. The molecule has 7 heteroatoms. The van der Waals surface area contributed by atoms with Crippen molar-refractivity contribution >= 4 is 11.7 Å². The van der Waals surface area contributed by atoms with Crippen molar-refractivity contribution in [3.05, 3.63) is 22.2 Å². The number of anilines is 1. The van der Waals surface area contributed by atoms with Crippen LogP contribution in [0.25, 0.3) is 0 Å². The van der Waals surface area contributed by atoms with Crippen LogP contribution < -0.4 is 16.6 Å². The van der Waals surface area contributed by atoms with E-state index in [2.05, 4.69) is 20.2 Å². The van der Waals surface area contributed by atoms with Crippen LogP contribution >= 0.6 is 0 Å². The summed E-state index contributed by atoms with van der Waals surface area (Å²) in [6, 6.07) is 1.24. The monoisotopic (exact) mass is 307 g/mol. The van der Waals surface area contributed by atoms with Gasteiger partial charge in [0.25, 0.3) is 5.56 Å². The van der Waals surface area contributed by atoms with E-state index in [-0.39, 0.29) is 17.3 Å². The molecule has 0 aliphatic carbocycles. The number of nitrogens with zero attached hydrogens (tertiary/aromatic N) is 2. The normalized spacial score (nSPS) is 16.7. The van der Waals surface area contributed by atoms with Gasteiger partial charge in [-0.25, -0.2) is 4.98 Å². The number of aromatic nitrogens is 2. The third-order valence-electron chi connectivity index (χ3n) is 3.81. The van der Waals surface area contributed by atoms with Gasteiger partial charge in [0.15, 0.2) is 0 Å². The first kappa shape index (κ1) is 16.5. The molecule has 0 bridgehead atoms. The average molecular weight is 307 g/mol. The highest BCUT2D eigenvalue weighted by Crippen LogP contribution is 2.09. The Balaban J connectivity index is 1.71. The SMILES string of the molecule is Nc1cc(=O)[nH]c(CCNC(=O)CN2CCCCCCC2)n1. The number of H-pyrrole nitrogens is 1. The molecule has 7 nitrogen and oxygen atoms in total. The van der Waals surface area contributed by atoms with Gasteiger partial charge >= 0.3 is 0 Å². The van der Waals surface area contributed by atoms with Crippen molar-refractivity contribution in [3.63, 3.8) is 0 Å². The van der Waals surface area contributed by atoms with Gasteiger partial charge in [0.05, 0.1) is 6.54 Å². The number of hydrogen-bond donors (Lipinski definition) is 3. The van der Waals surface area contributed by atoms with Crippen molar-refractivity contribution in [1.82, 2.24) is 20.2 Å². The smallest absolute Gasteiger partial charge is 0.252 e. The molecule has 1 fully saturated rings. The highest BCUT2D eigenvalue weighted by molar-refractivity contribution is 5.77. The first-order valence-electron chi connectivity index (χ1n) is 7.98. The highest BCUT2D eigenvalue weighted by Gasteiger charge is 2.12. The molecule has 0 radical (unpaired) electrons. The summed E-state index contributed by atoms with van der Waals surface area (Å²) in [5.74, 6) is 0.717. The molecular formula is C15H25N5O2. The number of hydrogen-bond acceptors (Lipinski definition) is 5. The summed E-state index contributed by atoms with van der Waals surface area (Å²) in [5, 5.41) is 2.87. The average Bonchev–Trinajstić information content (AvgIpc) is 2.40. The summed E-state index contributed by atoms with van der Waals surface area (Å²) >= 11 is 0. The van der Waals surface area contributed by atoms with Crippen LogP contribution in [0.3, 0.4) is 0 Å². The van der Waals surface area contributed by atoms with E-state index in [0.717, 1.165) is 13.1 Å². The molecule has 22 heavy (non-hydrogen) atoms. The fourth-order valence-corrected chi connectivity index (χ4v) is 2.70. The van der Waals surface area contributed by atoms with Gasteiger partial charge in [-0.05, 0) is 25.9 Å². The van der Waals surface area contributed by atoms with E-state index in [9.17, 15) is 9.59 Å². The minimum atomic E-state index is -0.269. The predicted molar refractivity (Wildman–Crippen MR) is 85.5 cm³/mol. The Kier molecular flexibility index (Phi) is 6.39. The van der Waals surface area contributed by atoms with Crippen LogP contribution in [0.2, 0.25) is 0 Å². The van der Waals surface area contributed by atoms with Crippen molar-refractivity contribution in [2.75, 3.05) is 31.9 Å². The number of likely N-dealkylation sites (tertiary alicyclic amines) is 1. The van der Waals surface area contributed by atoms with Crippen LogP contribution in [-0.2, 0) is 11.2 Å². The van der Waals surface area contributed by atoms with Crippen molar-refractivity contribution in [3.8, 4) is 0 Å². The molecule has 1 aliphatic heterocycles. The molecule has 2 rings (SSSR count). The highest BCUT2D eigenvalue weighted by atomic mass is 16.2. The van der Waals surface area contributed by atoms with Gasteiger partial charge in [-0.1, -0.05) is 19.3 Å². The van der Waals surface area contributed by atoms with E-state index >= 15 is 0 Å². The van der Waals surface area contributed by atoms with Crippen molar-refractivity contribution in [2.24, 2.45) is 0 Å². The standard InChI is InChI=1S/C15H25N5O2/c16-12-10-14(21)19-13(18-12)6-7-17-15(22)11-20-8-4-2-1-3-5-9-20/h10H,1-9,11H2,(H,17,22)(H3,16,18,19,21). The summed E-state index contributed by atoms with van der Waals surface area (Å²) < 4.78 is 0. The second-order valence-electron chi connectivity index (χ2n) is 5.76. The van der Waals surface area contributed by atoms with E-state index in [4.69, 9.17) is 5.73 Å². The van der Waals surface area contributed by atoms with Gasteiger partial charge < -0.3 is 16.0 Å². The number of rotatable bonds is 5. The molecule has 1 amide bonds. The number of nitrogens with two attached hydrogens (primary N) is 1. The molecule has 1 aromatic heterocycles. The molecule has 1 saturated heterocycles. The maximum Gasteiger partial charge on any atom is 0.252 e. The zero-order valence-electron chi connectivity index (χ0n) is 12.9. The second kappa shape index (κ2) is 8.53. The Morgan fingerprint density at radius 3 is 2.64 bits per heavy atom. The zero-order chi connectivity index (χ0) is 15.8. The van der Waals surface area contributed by atoms with Crippen molar-refractivity contribution < 1.29 is 4.79 Å². The number of amides is 1. The maximum atomic E-state index is 12.0. The number of nitrogens with one attached hydrogen (secondary N) is 2. The van der Waals surface area contributed by atoms with E-state index in [1.807, 2.05) is 0 Å². The lowest BCUT2D eigenvalue weighted by atomic mass is 10.1. The van der Waals surface area contributed by atoms with Crippen LogP contribution in [-0.4, -0.2) is 47.0 Å². The first-order chi connectivity index (χ1) is 10.6. The Hall–Kier alpha value is -1.89. The summed E-state index contributed by atoms with van der Waals surface area (Å²) in [6.07, 6.45) is 6.63. The van der Waals surface area contributed by atoms with E-state index in [1.165, 1.54) is 38.2 Å². The van der Waals surface area contributed by atoms with Gasteiger partial charge in [0.1, 0.15) is 11.6 Å². The van der Waals surface area contributed by atoms with E-state index in [1.54, 1.807) is 0 Å². The van der Waals surface area contributed by atoms with Gasteiger partial charge in [-0.15, -0.1) is 0 Å². The number of carbonyl (C=O) groups is 1. The van der Waals surface area contributed by atoms with Crippen LogP contribution in [0.15, 0.2) is 10.9 Å². The van der Waals surface area contributed by atoms with Crippen LogP contribution in [0.5, 0.6) is 0 Å². The third-order valence-corrected chi connectivity index (χ3v) is 3.81. The lowest BCUT2D eigenvalue weighted by Gasteiger charge is -2.23. The van der Waals surface area contributed by atoms with Gasteiger partial charge in [0.2, 0.25) is 5.91 Å². The molecular weight excluding hydrogens is 282 g/mol. The maximum absolute atomic E-state index is 12.0. The lowest BCUT2D eigenvalue weighted by molar-refractivity contribution is -0.122. The van der Waals surface area contributed by atoms with E-state index < -0.39 is 0 Å². The first-order valence-corrected chi connectivity index (χ1v) is 7.98. The van der Waals surface area contributed by atoms with Gasteiger partial charge in [0, 0.05) is 19.0 Å². The second-order valence-corrected chi connectivity index (χ2v) is 5.76. The fraction of sp³-hybridized carbons (Fsp3) is 0.667. The minimum absolute atomic E-state index is 0.0202. The number of carbonyl (C=O) groups excluding carboxylic acids is 1. The molecule has 4 N–H and O–H groups in total. The molecule has 0 aromatic carbocycles. The summed E-state index contributed by atoms with van der Waals surface area (Å²) in [5.41, 5.74) is 5.25. The number of aromatic amines is 1. The molecule has 0 unspecified atom stereocenters. The zero-order valence-corrected chi connectivity index (χ0v) is 12.9. The Morgan fingerprint density at radius 1 is 1.27 bits per heavy atom. The van der Waals surface area contributed by atoms with Crippen LogP contribution in [0, 0.1) is 0 Å².